The number of halogens is 1. The van der Waals surface area contributed by atoms with E-state index in [4.69, 9.17) is 4.74 Å². The van der Waals surface area contributed by atoms with Crippen molar-refractivity contribution < 1.29 is 14.2 Å². The van der Waals surface area contributed by atoms with Gasteiger partial charge in [0.1, 0.15) is 5.82 Å². The number of β-amino-alcohol motifs (C(OH)–C–C–N with tert-alkyl or cyclic N) is 1. The van der Waals surface area contributed by atoms with Gasteiger partial charge in [0.15, 0.2) is 0 Å². The van der Waals surface area contributed by atoms with E-state index in [1.165, 1.54) is 11.8 Å². The number of nitrogens with zero attached hydrogens (tertiary/aromatic N) is 2. The van der Waals surface area contributed by atoms with Gasteiger partial charge in [0.25, 0.3) is 0 Å². The van der Waals surface area contributed by atoms with Crippen molar-refractivity contribution in [1.29, 1.82) is 0 Å². The van der Waals surface area contributed by atoms with Crippen molar-refractivity contribution in [2.75, 3.05) is 44.2 Å². The van der Waals surface area contributed by atoms with E-state index in [1.807, 2.05) is 6.07 Å². The molecule has 1 heterocycles. The molecule has 0 amide bonds. The molecule has 0 aromatic heterocycles. The second-order valence-corrected chi connectivity index (χ2v) is 6.38. The number of hydrogen-bond donors (Lipinski definition) is 1. The SMILES string of the molecule is O[C@@H](COCc1ccccc1F)CN1CCN(c2ccccc2)CC1. The number of hydrogen-bond acceptors (Lipinski definition) is 4. The number of benzene rings is 2. The Labute approximate surface area is 148 Å². The summed E-state index contributed by atoms with van der Waals surface area (Å²) in [6, 6.07) is 16.9. The van der Waals surface area contributed by atoms with Crippen molar-refractivity contribution in [3.8, 4) is 0 Å². The van der Waals surface area contributed by atoms with E-state index in [1.54, 1.807) is 18.2 Å². The molecular weight excluding hydrogens is 319 g/mol. The Morgan fingerprint density at radius 2 is 1.64 bits per heavy atom. The van der Waals surface area contributed by atoms with Crippen molar-refractivity contribution in [3.63, 3.8) is 0 Å². The molecule has 0 saturated carbocycles. The first-order valence-electron chi connectivity index (χ1n) is 8.74. The van der Waals surface area contributed by atoms with Crippen molar-refractivity contribution in [2.24, 2.45) is 0 Å². The molecule has 1 aliphatic heterocycles. The van der Waals surface area contributed by atoms with Gasteiger partial charge in [-0.25, -0.2) is 4.39 Å². The van der Waals surface area contributed by atoms with Crippen LogP contribution in [0.15, 0.2) is 54.6 Å². The largest absolute Gasteiger partial charge is 0.389 e. The lowest BCUT2D eigenvalue weighted by molar-refractivity contribution is 0.00839. The lowest BCUT2D eigenvalue weighted by Gasteiger charge is -2.36. The third-order valence-corrected chi connectivity index (χ3v) is 4.49. The topological polar surface area (TPSA) is 35.9 Å². The van der Waals surface area contributed by atoms with Gasteiger partial charge in [0.05, 0.1) is 19.3 Å². The molecule has 3 rings (SSSR count). The molecule has 0 spiro atoms. The van der Waals surface area contributed by atoms with Crippen LogP contribution in [0.25, 0.3) is 0 Å². The molecule has 2 aromatic carbocycles. The second-order valence-electron chi connectivity index (χ2n) is 6.38. The molecule has 1 aliphatic rings. The van der Waals surface area contributed by atoms with Gasteiger partial charge in [-0.15, -0.1) is 0 Å². The Bertz CT molecular complexity index is 645. The summed E-state index contributed by atoms with van der Waals surface area (Å²) in [6.07, 6.45) is -0.560. The smallest absolute Gasteiger partial charge is 0.128 e. The predicted octanol–water partition coefficient (Wildman–Crippen LogP) is 2.53. The van der Waals surface area contributed by atoms with Gasteiger partial charge in [0, 0.05) is 44.0 Å². The average Bonchev–Trinajstić information content (AvgIpc) is 2.65. The molecule has 25 heavy (non-hydrogen) atoms. The molecule has 1 atom stereocenters. The van der Waals surface area contributed by atoms with E-state index >= 15 is 0 Å². The van der Waals surface area contributed by atoms with Crippen LogP contribution in [-0.4, -0.2) is 55.4 Å². The standard InChI is InChI=1S/C20H25FN2O2/c21-20-9-5-4-6-17(20)15-25-16-19(24)14-22-10-12-23(13-11-22)18-7-2-1-3-8-18/h1-9,19,24H,10-16H2/t19-/m1/s1. The quantitative estimate of drug-likeness (QED) is 0.837. The van der Waals surface area contributed by atoms with Gasteiger partial charge in [-0.3, -0.25) is 4.90 Å². The van der Waals surface area contributed by atoms with Crippen LogP contribution in [0, 0.1) is 5.82 Å². The first-order valence-corrected chi connectivity index (χ1v) is 8.74. The Kier molecular flexibility index (Phi) is 6.39. The van der Waals surface area contributed by atoms with Crippen LogP contribution in [0.1, 0.15) is 5.56 Å². The average molecular weight is 344 g/mol. The Morgan fingerprint density at radius 3 is 2.36 bits per heavy atom. The highest BCUT2D eigenvalue weighted by Crippen LogP contribution is 2.15. The Balaban J connectivity index is 1.36. The van der Waals surface area contributed by atoms with Crippen LogP contribution in [0.2, 0.25) is 0 Å². The zero-order chi connectivity index (χ0) is 17.5. The fourth-order valence-corrected chi connectivity index (χ4v) is 3.10. The number of anilines is 1. The van der Waals surface area contributed by atoms with Crippen molar-refractivity contribution >= 4 is 5.69 Å². The molecule has 0 unspecified atom stereocenters. The summed E-state index contributed by atoms with van der Waals surface area (Å²) in [7, 11) is 0. The van der Waals surface area contributed by atoms with Crippen LogP contribution >= 0.6 is 0 Å². The maximum atomic E-state index is 13.5. The lowest BCUT2D eigenvalue weighted by Crippen LogP contribution is -2.49. The molecule has 2 aromatic rings. The third kappa shape index (κ3) is 5.26. The van der Waals surface area contributed by atoms with Crippen LogP contribution in [-0.2, 0) is 11.3 Å². The van der Waals surface area contributed by atoms with Crippen molar-refractivity contribution in [3.05, 3.63) is 66.0 Å². The molecule has 1 saturated heterocycles. The number of piperazine rings is 1. The van der Waals surface area contributed by atoms with Crippen LogP contribution < -0.4 is 4.90 Å². The predicted molar refractivity (Wildman–Crippen MR) is 97.2 cm³/mol. The summed E-state index contributed by atoms with van der Waals surface area (Å²) < 4.78 is 19.0. The van der Waals surface area contributed by atoms with E-state index < -0.39 is 6.10 Å². The minimum Gasteiger partial charge on any atom is -0.389 e. The number of aliphatic hydroxyl groups is 1. The molecule has 1 N–H and O–H groups in total. The molecule has 0 bridgehead atoms. The number of ether oxygens (including phenoxy) is 1. The molecular formula is C20H25FN2O2. The molecule has 134 valence electrons. The molecule has 5 heteroatoms. The van der Waals surface area contributed by atoms with E-state index in [9.17, 15) is 9.50 Å². The number of rotatable bonds is 7. The summed E-state index contributed by atoms with van der Waals surface area (Å²) in [4.78, 5) is 4.61. The van der Waals surface area contributed by atoms with Crippen molar-refractivity contribution in [1.82, 2.24) is 4.90 Å². The highest BCUT2D eigenvalue weighted by Gasteiger charge is 2.19. The van der Waals surface area contributed by atoms with E-state index in [2.05, 4.69) is 34.1 Å². The fourth-order valence-electron chi connectivity index (χ4n) is 3.10. The highest BCUT2D eigenvalue weighted by molar-refractivity contribution is 5.46. The van der Waals surface area contributed by atoms with Gasteiger partial charge < -0.3 is 14.7 Å². The zero-order valence-electron chi connectivity index (χ0n) is 14.4. The van der Waals surface area contributed by atoms with Gasteiger partial charge >= 0.3 is 0 Å². The highest BCUT2D eigenvalue weighted by atomic mass is 19.1. The third-order valence-electron chi connectivity index (χ3n) is 4.49. The minimum atomic E-state index is -0.560. The maximum Gasteiger partial charge on any atom is 0.128 e. The molecule has 0 radical (unpaired) electrons. The summed E-state index contributed by atoms with van der Waals surface area (Å²) in [6.45, 7) is 4.72. The lowest BCUT2D eigenvalue weighted by atomic mass is 10.2. The second kappa shape index (κ2) is 8.94. The van der Waals surface area contributed by atoms with Gasteiger partial charge in [-0.05, 0) is 18.2 Å². The van der Waals surface area contributed by atoms with Crippen LogP contribution in [0.4, 0.5) is 10.1 Å². The number of aliphatic hydroxyl groups excluding tert-OH is 1. The monoisotopic (exact) mass is 344 g/mol. The molecule has 4 nitrogen and oxygen atoms in total. The Hall–Kier alpha value is -1.95. The van der Waals surface area contributed by atoms with Crippen LogP contribution in [0.3, 0.4) is 0 Å². The van der Waals surface area contributed by atoms with Gasteiger partial charge in [-0.2, -0.15) is 0 Å². The van der Waals surface area contributed by atoms with Crippen LogP contribution in [0.5, 0.6) is 0 Å². The van der Waals surface area contributed by atoms with Gasteiger partial charge in [-0.1, -0.05) is 36.4 Å². The van der Waals surface area contributed by atoms with Crippen molar-refractivity contribution in [2.45, 2.75) is 12.7 Å². The summed E-state index contributed by atoms with van der Waals surface area (Å²) in [5.74, 6) is -0.269. The minimum absolute atomic E-state index is 0.186. The number of para-hydroxylation sites is 1. The molecule has 1 fully saturated rings. The first kappa shape index (κ1) is 17.9. The normalized spacial score (nSPS) is 16.8. The van der Waals surface area contributed by atoms with Gasteiger partial charge in [0.2, 0.25) is 0 Å². The van der Waals surface area contributed by atoms with E-state index in [-0.39, 0.29) is 19.0 Å². The fraction of sp³-hybridized carbons (Fsp3) is 0.400. The van der Waals surface area contributed by atoms with E-state index in [0.717, 1.165) is 26.2 Å². The Morgan fingerprint density at radius 1 is 0.960 bits per heavy atom. The van der Waals surface area contributed by atoms with E-state index in [0.29, 0.717) is 12.1 Å². The maximum absolute atomic E-state index is 13.5. The first-order chi connectivity index (χ1) is 12.2. The summed E-state index contributed by atoms with van der Waals surface area (Å²) in [5, 5.41) is 10.2. The summed E-state index contributed by atoms with van der Waals surface area (Å²) >= 11 is 0. The molecule has 0 aliphatic carbocycles. The zero-order valence-corrected chi connectivity index (χ0v) is 14.4. The summed E-state index contributed by atoms with van der Waals surface area (Å²) in [5.41, 5.74) is 1.77.